The lowest BCUT2D eigenvalue weighted by atomic mass is 9.85. The Kier molecular flexibility index (Phi) is 6.33. The zero-order chi connectivity index (χ0) is 11.2. The second-order valence-electron chi connectivity index (χ2n) is 4.65. The van der Waals surface area contributed by atoms with E-state index >= 15 is 0 Å². The average molecular weight is 204 g/mol. The number of hydrogen-bond acceptors (Lipinski definition) is 3. The van der Waals surface area contributed by atoms with Gasteiger partial charge in [-0.1, -0.05) is 33.6 Å². The van der Waals surface area contributed by atoms with Crippen molar-refractivity contribution in [2.24, 2.45) is 11.8 Å². The molecule has 14 heavy (non-hydrogen) atoms. The van der Waals surface area contributed by atoms with Gasteiger partial charge in [0, 0.05) is 0 Å². The van der Waals surface area contributed by atoms with Crippen molar-refractivity contribution in [2.45, 2.75) is 45.6 Å². The highest BCUT2D eigenvalue weighted by molar-refractivity contribution is 4.82. The molecule has 0 saturated carbocycles. The van der Waals surface area contributed by atoms with Crippen LogP contribution in [0.1, 0.15) is 40.0 Å². The summed E-state index contributed by atoms with van der Waals surface area (Å²) >= 11 is 0. The van der Waals surface area contributed by atoms with Crippen molar-refractivity contribution in [3.8, 4) is 0 Å². The molecule has 0 aliphatic heterocycles. The summed E-state index contributed by atoms with van der Waals surface area (Å²) in [5, 5.41) is 27.7. The first-order valence-electron chi connectivity index (χ1n) is 5.40. The highest BCUT2D eigenvalue weighted by atomic mass is 16.4. The molecule has 1 atom stereocenters. The summed E-state index contributed by atoms with van der Waals surface area (Å²) in [6, 6.07) is 0. The summed E-state index contributed by atoms with van der Waals surface area (Å²) in [5.74, 6) is 0.606. The summed E-state index contributed by atoms with van der Waals surface area (Å²) in [6.45, 7) is 5.45. The summed E-state index contributed by atoms with van der Waals surface area (Å²) in [4.78, 5) is 0. The number of rotatable bonds is 7. The maximum Gasteiger partial charge on any atom is 0.113 e. The van der Waals surface area contributed by atoms with Crippen LogP contribution in [0.2, 0.25) is 0 Å². The molecular weight excluding hydrogens is 180 g/mol. The van der Waals surface area contributed by atoms with Gasteiger partial charge in [-0.25, -0.2) is 0 Å². The van der Waals surface area contributed by atoms with Gasteiger partial charge in [-0.05, 0) is 18.3 Å². The Bertz CT molecular complexity index is 141. The van der Waals surface area contributed by atoms with Crippen molar-refractivity contribution in [1.82, 2.24) is 0 Å². The van der Waals surface area contributed by atoms with Crippen LogP contribution in [0.3, 0.4) is 0 Å². The fourth-order valence-electron chi connectivity index (χ4n) is 1.46. The van der Waals surface area contributed by atoms with Gasteiger partial charge >= 0.3 is 0 Å². The van der Waals surface area contributed by atoms with Gasteiger partial charge in [-0.2, -0.15) is 0 Å². The van der Waals surface area contributed by atoms with E-state index in [0.717, 1.165) is 19.3 Å². The minimum absolute atomic E-state index is 0.0590. The second kappa shape index (κ2) is 6.38. The number of aliphatic hydroxyl groups is 3. The topological polar surface area (TPSA) is 60.7 Å². The Morgan fingerprint density at radius 3 is 1.86 bits per heavy atom. The molecule has 1 unspecified atom stereocenters. The smallest absolute Gasteiger partial charge is 0.113 e. The van der Waals surface area contributed by atoms with Crippen LogP contribution in [0.4, 0.5) is 0 Å². The molecule has 0 aliphatic rings. The minimum Gasteiger partial charge on any atom is -0.393 e. The van der Waals surface area contributed by atoms with E-state index in [9.17, 15) is 5.11 Å². The molecule has 0 amide bonds. The Morgan fingerprint density at radius 2 is 1.50 bits per heavy atom. The molecule has 0 radical (unpaired) electrons. The molecule has 0 aliphatic carbocycles. The van der Waals surface area contributed by atoms with Gasteiger partial charge in [0.2, 0.25) is 0 Å². The first-order valence-corrected chi connectivity index (χ1v) is 5.40. The number of aliphatic hydroxyl groups excluding tert-OH is 2. The molecule has 0 bridgehead atoms. The minimum atomic E-state index is -1.31. The summed E-state index contributed by atoms with van der Waals surface area (Å²) in [5.41, 5.74) is -1.31. The molecule has 0 aromatic carbocycles. The fourth-order valence-corrected chi connectivity index (χ4v) is 1.46. The fraction of sp³-hybridized carbons (Fsp3) is 1.00. The van der Waals surface area contributed by atoms with Gasteiger partial charge in [-0.15, -0.1) is 0 Å². The molecule has 0 rings (SSSR count). The van der Waals surface area contributed by atoms with Crippen molar-refractivity contribution in [3.63, 3.8) is 0 Å². The summed E-state index contributed by atoms with van der Waals surface area (Å²) in [6.07, 6.45) is 2.99. The van der Waals surface area contributed by atoms with Crippen molar-refractivity contribution in [1.29, 1.82) is 0 Å². The molecule has 0 fully saturated rings. The molecule has 0 saturated heterocycles. The van der Waals surface area contributed by atoms with Gasteiger partial charge in [0.05, 0.1) is 13.2 Å². The van der Waals surface area contributed by atoms with Gasteiger partial charge in [0.1, 0.15) is 5.60 Å². The van der Waals surface area contributed by atoms with Crippen LogP contribution >= 0.6 is 0 Å². The van der Waals surface area contributed by atoms with Crippen molar-refractivity contribution < 1.29 is 15.3 Å². The van der Waals surface area contributed by atoms with E-state index in [-0.39, 0.29) is 19.1 Å². The largest absolute Gasteiger partial charge is 0.393 e. The van der Waals surface area contributed by atoms with Crippen LogP contribution in [-0.4, -0.2) is 34.1 Å². The van der Waals surface area contributed by atoms with Gasteiger partial charge < -0.3 is 15.3 Å². The van der Waals surface area contributed by atoms with Crippen LogP contribution in [0.15, 0.2) is 0 Å². The molecule has 0 heterocycles. The Morgan fingerprint density at radius 1 is 1.00 bits per heavy atom. The average Bonchev–Trinajstić information content (AvgIpc) is 2.15. The zero-order valence-electron chi connectivity index (χ0n) is 9.53. The van der Waals surface area contributed by atoms with Crippen LogP contribution in [0.25, 0.3) is 0 Å². The lowest BCUT2D eigenvalue weighted by Gasteiger charge is -2.30. The molecule has 3 N–H and O–H groups in total. The third-order valence-electron chi connectivity index (χ3n) is 2.88. The van der Waals surface area contributed by atoms with Crippen LogP contribution < -0.4 is 0 Å². The monoisotopic (exact) mass is 204 g/mol. The van der Waals surface area contributed by atoms with Gasteiger partial charge in [0.25, 0.3) is 0 Å². The molecule has 0 aromatic rings. The zero-order valence-corrected chi connectivity index (χ0v) is 9.53. The van der Waals surface area contributed by atoms with Crippen LogP contribution in [-0.2, 0) is 0 Å². The maximum atomic E-state index is 9.76. The maximum absolute atomic E-state index is 9.76. The predicted octanol–water partition coefficient (Wildman–Crippen LogP) is 1.16. The van der Waals surface area contributed by atoms with E-state index in [1.54, 1.807) is 0 Å². The first-order chi connectivity index (χ1) is 6.46. The molecule has 0 aromatic heterocycles. The van der Waals surface area contributed by atoms with Crippen LogP contribution in [0.5, 0.6) is 0 Å². The number of hydrogen-bond donors (Lipinski definition) is 3. The van der Waals surface area contributed by atoms with E-state index in [1.165, 1.54) is 0 Å². The van der Waals surface area contributed by atoms with E-state index in [2.05, 4.69) is 13.8 Å². The molecule has 0 spiro atoms. The Hall–Kier alpha value is -0.120. The molecular formula is C11H24O3. The van der Waals surface area contributed by atoms with E-state index in [0.29, 0.717) is 5.92 Å². The van der Waals surface area contributed by atoms with Crippen molar-refractivity contribution >= 4 is 0 Å². The third kappa shape index (κ3) is 4.40. The second-order valence-corrected chi connectivity index (χ2v) is 4.65. The standard InChI is InChI=1S/C11H24O3/c1-9(2)5-4-6-10(3)11(14,7-12)8-13/h9-10,12-14H,4-8H2,1-3H3. The van der Waals surface area contributed by atoms with Crippen LogP contribution in [0, 0.1) is 11.8 Å². The predicted molar refractivity (Wildman–Crippen MR) is 57.0 cm³/mol. The Balaban J connectivity index is 3.87. The SMILES string of the molecule is CC(C)CCCC(C)C(O)(CO)CO. The summed E-state index contributed by atoms with van der Waals surface area (Å²) < 4.78 is 0. The van der Waals surface area contributed by atoms with Crippen molar-refractivity contribution in [3.05, 3.63) is 0 Å². The first kappa shape index (κ1) is 13.9. The van der Waals surface area contributed by atoms with E-state index < -0.39 is 5.60 Å². The normalized spacial score (nSPS) is 14.8. The molecule has 3 heteroatoms. The third-order valence-corrected chi connectivity index (χ3v) is 2.88. The van der Waals surface area contributed by atoms with Crippen molar-refractivity contribution in [2.75, 3.05) is 13.2 Å². The quantitative estimate of drug-likeness (QED) is 0.583. The molecule has 3 nitrogen and oxygen atoms in total. The summed E-state index contributed by atoms with van der Waals surface area (Å²) in [7, 11) is 0. The Labute approximate surface area is 86.8 Å². The van der Waals surface area contributed by atoms with E-state index in [4.69, 9.17) is 10.2 Å². The molecule has 86 valence electrons. The lowest BCUT2D eigenvalue weighted by Crippen LogP contribution is -2.44. The van der Waals surface area contributed by atoms with Gasteiger partial charge in [0.15, 0.2) is 0 Å². The lowest BCUT2D eigenvalue weighted by molar-refractivity contribution is -0.0934. The highest BCUT2D eigenvalue weighted by Gasteiger charge is 2.31. The van der Waals surface area contributed by atoms with Gasteiger partial charge in [-0.3, -0.25) is 0 Å². The van der Waals surface area contributed by atoms with E-state index in [1.807, 2.05) is 6.92 Å². The highest BCUT2D eigenvalue weighted by Crippen LogP contribution is 2.23.